The maximum Gasteiger partial charge on any atom is 0.189 e. The van der Waals surface area contributed by atoms with Gasteiger partial charge in [0, 0.05) is 11.8 Å². The van der Waals surface area contributed by atoms with Gasteiger partial charge in [-0.1, -0.05) is 0 Å². The zero-order chi connectivity index (χ0) is 6.57. The first kappa shape index (κ1) is 6.87. The van der Waals surface area contributed by atoms with Crippen LogP contribution in [0, 0.1) is 0 Å². The average Bonchev–Trinajstić information content (AvgIpc) is 1.65. The first-order chi connectivity index (χ1) is 3.66. The number of hydrogen-bond donors (Lipinski definition) is 3. The second kappa shape index (κ2) is 2.95. The van der Waals surface area contributed by atoms with Crippen molar-refractivity contribution >= 4 is 13.8 Å². The van der Waals surface area contributed by atoms with Crippen molar-refractivity contribution in [1.29, 1.82) is 0 Å². The van der Waals surface area contributed by atoms with Crippen LogP contribution in [0.3, 0.4) is 0 Å². The van der Waals surface area contributed by atoms with Crippen LogP contribution in [-0.4, -0.2) is 13.8 Å². The highest BCUT2D eigenvalue weighted by Crippen LogP contribution is 1.80. The summed E-state index contributed by atoms with van der Waals surface area (Å²) in [6.45, 7) is 0. The summed E-state index contributed by atoms with van der Waals surface area (Å²) in [5.74, 6) is -0.0933. The molecule has 0 aromatic heterocycles. The molecule has 0 aromatic rings. The summed E-state index contributed by atoms with van der Waals surface area (Å²) in [7, 11) is 5.06. The van der Waals surface area contributed by atoms with Gasteiger partial charge >= 0.3 is 0 Å². The molecule has 4 nitrogen and oxygen atoms in total. The number of aliphatic imine (C=N–C) groups is 1. The summed E-state index contributed by atoms with van der Waals surface area (Å²) < 4.78 is 0. The lowest BCUT2D eigenvalue weighted by Gasteiger charge is -1.89. The van der Waals surface area contributed by atoms with Crippen LogP contribution in [0.25, 0.3) is 0 Å². The Hall–Kier alpha value is -1.13. The Morgan fingerprint density at radius 3 is 2.12 bits per heavy atom. The summed E-state index contributed by atoms with van der Waals surface area (Å²) in [4.78, 5) is 3.38. The molecular weight excluding hydrogens is 103 g/mol. The van der Waals surface area contributed by atoms with Gasteiger partial charge in [0.05, 0.1) is 0 Å². The third-order valence-electron chi connectivity index (χ3n) is 0.429. The van der Waals surface area contributed by atoms with Gasteiger partial charge in [-0.25, -0.2) is 4.99 Å². The van der Waals surface area contributed by atoms with Crippen molar-refractivity contribution in [3.8, 4) is 0 Å². The second-order valence-electron chi connectivity index (χ2n) is 1.13. The standard InChI is InChI=1S/C3H7BN4/c4-2(1-5)8-3(6)7/h1H,5H2,(H4,6,7,8)/b2-1-. The molecule has 0 aliphatic rings. The SMILES string of the molecule is [B]/C(=C/N)N=C(N)N. The maximum atomic E-state index is 5.06. The van der Waals surface area contributed by atoms with Crippen molar-refractivity contribution in [3.63, 3.8) is 0 Å². The average molecular weight is 110 g/mol. The Kier molecular flexibility index (Phi) is 2.54. The lowest BCUT2D eigenvalue weighted by molar-refractivity contribution is 1.37. The van der Waals surface area contributed by atoms with Gasteiger partial charge < -0.3 is 17.2 Å². The molecule has 42 valence electrons. The number of rotatable bonds is 1. The van der Waals surface area contributed by atoms with Gasteiger partial charge in [0.25, 0.3) is 0 Å². The third-order valence-corrected chi connectivity index (χ3v) is 0.429. The minimum atomic E-state index is -0.0933. The second-order valence-corrected chi connectivity index (χ2v) is 1.13. The molecule has 0 atom stereocenters. The van der Waals surface area contributed by atoms with Crippen molar-refractivity contribution in [2.45, 2.75) is 0 Å². The van der Waals surface area contributed by atoms with E-state index in [9.17, 15) is 0 Å². The van der Waals surface area contributed by atoms with E-state index >= 15 is 0 Å². The normalized spacial score (nSPS) is 10.8. The molecule has 0 aliphatic carbocycles. The van der Waals surface area contributed by atoms with Gasteiger partial charge in [-0.2, -0.15) is 0 Å². The lowest BCUT2D eigenvalue weighted by atomic mass is 10.1. The molecule has 0 aliphatic heterocycles. The van der Waals surface area contributed by atoms with Crippen molar-refractivity contribution < 1.29 is 0 Å². The van der Waals surface area contributed by atoms with E-state index in [0.29, 0.717) is 0 Å². The molecule has 2 radical (unpaired) electrons. The molecule has 5 heteroatoms. The molecule has 0 amide bonds. The Bertz CT molecular complexity index is 123. The van der Waals surface area contributed by atoms with Gasteiger partial charge in [-0.3, -0.25) is 0 Å². The van der Waals surface area contributed by atoms with Crippen LogP contribution in [0.1, 0.15) is 0 Å². The van der Waals surface area contributed by atoms with Gasteiger partial charge in [-0.15, -0.1) is 0 Å². The Morgan fingerprint density at radius 1 is 1.50 bits per heavy atom. The number of guanidine groups is 1. The molecule has 8 heavy (non-hydrogen) atoms. The molecule has 0 bridgehead atoms. The van der Waals surface area contributed by atoms with E-state index in [-0.39, 0.29) is 11.6 Å². The minimum absolute atomic E-state index is 0.0933. The lowest BCUT2D eigenvalue weighted by Crippen LogP contribution is -2.22. The molecule has 0 heterocycles. The van der Waals surface area contributed by atoms with Gasteiger partial charge in [-0.05, 0) is 0 Å². The van der Waals surface area contributed by atoms with E-state index in [4.69, 9.17) is 25.0 Å². The van der Waals surface area contributed by atoms with Crippen LogP contribution in [-0.2, 0) is 0 Å². The Balaban J connectivity index is 3.89. The highest BCUT2D eigenvalue weighted by Gasteiger charge is 1.79. The van der Waals surface area contributed by atoms with E-state index in [2.05, 4.69) is 4.99 Å². The van der Waals surface area contributed by atoms with Crippen molar-refractivity contribution in [2.75, 3.05) is 0 Å². The molecule has 0 spiro atoms. The van der Waals surface area contributed by atoms with E-state index in [0.717, 1.165) is 6.20 Å². The summed E-state index contributed by atoms with van der Waals surface area (Å²) in [6.07, 6.45) is 1.11. The first-order valence-corrected chi connectivity index (χ1v) is 1.94. The number of hydrogen-bond acceptors (Lipinski definition) is 2. The fourth-order valence-corrected chi connectivity index (χ4v) is 0.186. The fourth-order valence-electron chi connectivity index (χ4n) is 0.186. The van der Waals surface area contributed by atoms with Crippen LogP contribution in [0.2, 0.25) is 0 Å². The van der Waals surface area contributed by atoms with Crippen LogP contribution in [0.4, 0.5) is 0 Å². The Labute approximate surface area is 48.8 Å². The number of nitrogens with two attached hydrogens (primary N) is 3. The fraction of sp³-hybridized carbons (Fsp3) is 0. The van der Waals surface area contributed by atoms with E-state index in [1.165, 1.54) is 0 Å². The predicted octanol–water partition coefficient (Wildman–Crippen LogP) is -1.81. The monoisotopic (exact) mass is 110 g/mol. The van der Waals surface area contributed by atoms with Crippen LogP contribution in [0.15, 0.2) is 16.8 Å². The summed E-state index contributed by atoms with van der Waals surface area (Å²) in [5, 5.41) is 0. The zero-order valence-electron chi connectivity index (χ0n) is 4.33. The Morgan fingerprint density at radius 2 is 2.00 bits per heavy atom. The van der Waals surface area contributed by atoms with Crippen LogP contribution < -0.4 is 17.2 Å². The smallest absolute Gasteiger partial charge is 0.189 e. The minimum Gasteiger partial charge on any atom is -0.404 e. The summed E-state index contributed by atoms with van der Waals surface area (Å²) in [5.41, 5.74) is 14.9. The highest BCUT2D eigenvalue weighted by atomic mass is 15.0. The van der Waals surface area contributed by atoms with Crippen LogP contribution >= 0.6 is 0 Å². The van der Waals surface area contributed by atoms with Gasteiger partial charge in [0.15, 0.2) is 5.96 Å². The summed E-state index contributed by atoms with van der Waals surface area (Å²) in [6, 6.07) is 0. The third kappa shape index (κ3) is 3.08. The van der Waals surface area contributed by atoms with E-state index < -0.39 is 0 Å². The number of nitrogens with zero attached hydrogens (tertiary/aromatic N) is 1. The van der Waals surface area contributed by atoms with Gasteiger partial charge in [0.2, 0.25) is 0 Å². The molecule has 0 rings (SSSR count). The molecule has 0 saturated heterocycles. The first-order valence-electron chi connectivity index (χ1n) is 1.94. The molecule has 0 aromatic carbocycles. The van der Waals surface area contributed by atoms with Crippen molar-refractivity contribution in [2.24, 2.45) is 22.2 Å². The van der Waals surface area contributed by atoms with Crippen LogP contribution in [0.5, 0.6) is 0 Å². The zero-order valence-corrected chi connectivity index (χ0v) is 4.33. The predicted molar refractivity (Wildman–Crippen MR) is 33.8 cm³/mol. The van der Waals surface area contributed by atoms with Gasteiger partial charge in [0.1, 0.15) is 7.85 Å². The quantitative estimate of drug-likeness (QED) is 0.211. The van der Waals surface area contributed by atoms with Crippen molar-refractivity contribution in [3.05, 3.63) is 11.8 Å². The highest BCUT2D eigenvalue weighted by molar-refractivity contribution is 6.22. The van der Waals surface area contributed by atoms with E-state index in [1.807, 2.05) is 0 Å². The molecule has 0 fully saturated rings. The maximum absolute atomic E-state index is 5.06. The molecule has 6 N–H and O–H groups in total. The largest absolute Gasteiger partial charge is 0.404 e. The molecule has 0 saturated carbocycles. The molecular formula is C3H7BN4. The topological polar surface area (TPSA) is 90.4 Å². The summed E-state index contributed by atoms with van der Waals surface area (Å²) >= 11 is 0. The molecule has 0 unspecified atom stereocenters. The van der Waals surface area contributed by atoms with Crippen molar-refractivity contribution in [1.82, 2.24) is 0 Å². The van der Waals surface area contributed by atoms with E-state index in [1.54, 1.807) is 0 Å².